The van der Waals surface area contributed by atoms with Crippen molar-refractivity contribution < 1.29 is 70.0 Å². The molecule has 15 nitrogen and oxygen atoms in total. The second kappa shape index (κ2) is 35.6. The zero-order chi connectivity index (χ0) is 30.7. The van der Waals surface area contributed by atoms with E-state index < -0.39 is 10.4 Å². The van der Waals surface area contributed by atoms with Crippen molar-refractivity contribution in [2.24, 2.45) is 5.92 Å². The van der Waals surface area contributed by atoms with E-state index in [0.29, 0.717) is 131 Å². The van der Waals surface area contributed by atoms with Crippen molar-refractivity contribution in [3.05, 3.63) is 0 Å². The SMILES string of the molecule is CC(C)CCOCCOCCOCCOCCOCCOCCOCCOCCOCCOCCO.O=S(=O)(O)O. The van der Waals surface area contributed by atoms with Crippen LogP contribution in [-0.2, 0) is 57.8 Å². The van der Waals surface area contributed by atoms with E-state index in [0.717, 1.165) is 13.0 Å². The Morgan fingerprint density at radius 3 is 0.756 bits per heavy atom. The zero-order valence-electron chi connectivity index (χ0n) is 24.8. The molecular weight excluding hydrogens is 572 g/mol. The maximum Gasteiger partial charge on any atom is 0.394 e. The topological polar surface area (TPSA) is 187 Å². The minimum absolute atomic E-state index is 0.0299. The Kier molecular flexibility index (Phi) is 37.0. The molecule has 0 saturated carbocycles. The first kappa shape index (κ1) is 42.6. The van der Waals surface area contributed by atoms with Crippen molar-refractivity contribution in [1.82, 2.24) is 0 Å². The van der Waals surface area contributed by atoms with Crippen LogP contribution in [0.15, 0.2) is 0 Å². The van der Waals surface area contributed by atoms with Gasteiger partial charge in [-0.2, -0.15) is 8.42 Å². The standard InChI is InChI=1S/C25H52O11.H2O4S/c1-25(2)3-5-27-7-9-29-11-13-31-15-17-33-19-21-35-23-24-36-22-20-34-18-16-32-14-12-30-10-8-28-6-4-26;1-5(2,3)4/h25-26H,3-24H2,1-2H3;(H2,1,2,3,4). The number of rotatable bonds is 32. The summed E-state index contributed by atoms with van der Waals surface area (Å²) < 4.78 is 85.5. The van der Waals surface area contributed by atoms with Crippen LogP contribution in [0.1, 0.15) is 20.3 Å². The summed E-state index contributed by atoms with van der Waals surface area (Å²) in [4.78, 5) is 0. The molecule has 0 bridgehead atoms. The van der Waals surface area contributed by atoms with Gasteiger partial charge in [0.15, 0.2) is 0 Å². The first-order chi connectivity index (χ1) is 19.8. The number of aliphatic hydroxyl groups excluding tert-OH is 1. The molecule has 0 aliphatic heterocycles. The molecule has 0 heterocycles. The Balaban J connectivity index is 0. The number of ether oxygens (including phenoxy) is 10. The lowest BCUT2D eigenvalue weighted by molar-refractivity contribution is -0.0269. The maximum absolute atomic E-state index is 8.74. The summed E-state index contributed by atoms with van der Waals surface area (Å²) in [7, 11) is -4.67. The summed E-state index contributed by atoms with van der Waals surface area (Å²) in [6.07, 6.45) is 1.08. The lowest BCUT2D eigenvalue weighted by atomic mass is 10.1. The molecule has 0 amide bonds. The quantitative estimate of drug-likeness (QED) is 0.0693. The van der Waals surface area contributed by atoms with Gasteiger partial charge >= 0.3 is 10.4 Å². The van der Waals surface area contributed by atoms with Gasteiger partial charge in [0.05, 0.1) is 132 Å². The minimum Gasteiger partial charge on any atom is -0.394 e. The van der Waals surface area contributed by atoms with Crippen LogP contribution in [0.4, 0.5) is 0 Å². The molecule has 16 heteroatoms. The van der Waals surface area contributed by atoms with E-state index in [-0.39, 0.29) is 6.61 Å². The van der Waals surface area contributed by atoms with E-state index in [2.05, 4.69) is 13.8 Å². The van der Waals surface area contributed by atoms with E-state index >= 15 is 0 Å². The fraction of sp³-hybridized carbons (Fsp3) is 1.00. The van der Waals surface area contributed by atoms with Gasteiger partial charge in [0.1, 0.15) is 0 Å². The summed E-state index contributed by atoms with van der Waals surface area (Å²) in [5.41, 5.74) is 0. The summed E-state index contributed by atoms with van der Waals surface area (Å²) in [6.45, 7) is 15.1. The molecule has 250 valence electrons. The van der Waals surface area contributed by atoms with E-state index in [4.69, 9.17) is 70.0 Å². The number of hydrogen-bond donors (Lipinski definition) is 3. The Labute approximate surface area is 245 Å². The highest BCUT2D eigenvalue weighted by molar-refractivity contribution is 7.79. The number of aliphatic hydroxyl groups is 1. The van der Waals surface area contributed by atoms with E-state index in [9.17, 15) is 0 Å². The van der Waals surface area contributed by atoms with Crippen molar-refractivity contribution in [3.63, 3.8) is 0 Å². The lowest BCUT2D eigenvalue weighted by Crippen LogP contribution is -2.15. The molecule has 0 aromatic heterocycles. The highest BCUT2D eigenvalue weighted by Crippen LogP contribution is 1.98. The molecule has 0 aromatic carbocycles. The highest BCUT2D eigenvalue weighted by Gasteiger charge is 1.97. The van der Waals surface area contributed by atoms with Crippen LogP contribution in [0.5, 0.6) is 0 Å². The molecule has 0 aromatic rings. The van der Waals surface area contributed by atoms with E-state index in [1.807, 2.05) is 0 Å². The van der Waals surface area contributed by atoms with Crippen LogP contribution in [-0.4, -0.2) is 161 Å². The monoisotopic (exact) mass is 626 g/mol. The lowest BCUT2D eigenvalue weighted by Gasteiger charge is -2.09. The maximum atomic E-state index is 8.74. The van der Waals surface area contributed by atoms with Gasteiger partial charge in [-0.15, -0.1) is 0 Å². The summed E-state index contributed by atoms with van der Waals surface area (Å²) >= 11 is 0. The fourth-order valence-electron chi connectivity index (χ4n) is 2.46. The van der Waals surface area contributed by atoms with Crippen LogP contribution in [0.25, 0.3) is 0 Å². The van der Waals surface area contributed by atoms with Crippen LogP contribution in [0.2, 0.25) is 0 Å². The Bertz CT molecular complexity index is 573. The third kappa shape index (κ3) is 52.5. The van der Waals surface area contributed by atoms with Crippen molar-refractivity contribution in [2.75, 3.05) is 139 Å². The highest BCUT2D eigenvalue weighted by atomic mass is 32.3. The molecule has 0 aliphatic carbocycles. The molecule has 41 heavy (non-hydrogen) atoms. The van der Waals surface area contributed by atoms with Gasteiger partial charge in [0, 0.05) is 6.61 Å². The minimum atomic E-state index is -4.67. The fourth-order valence-corrected chi connectivity index (χ4v) is 2.46. The molecule has 0 unspecified atom stereocenters. The third-order valence-electron chi connectivity index (χ3n) is 4.42. The van der Waals surface area contributed by atoms with Crippen LogP contribution < -0.4 is 0 Å². The second-order valence-corrected chi connectivity index (χ2v) is 9.37. The summed E-state index contributed by atoms with van der Waals surface area (Å²) in [5.74, 6) is 0.670. The van der Waals surface area contributed by atoms with Crippen LogP contribution in [0, 0.1) is 5.92 Å². The van der Waals surface area contributed by atoms with Crippen molar-refractivity contribution in [2.45, 2.75) is 20.3 Å². The molecule has 0 radical (unpaired) electrons. The van der Waals surface area contributed by atoms with Gasteiger partial charge in [0.25, 0.3) is 0 Å². The summed E-state index contributed by atoms with van der Waals surface area (Å²) in [5, 5.41) is 8.56. The molecule has 0 aliphatic rings. The predicted molar refractivity (Wildman–Crippen MR) is 149 cm³/mol. The predicted octanol–water partition coefficient (Wildman–Crippen LogP) is 0.538. The van der Waals surface area contributed by atoms with E-state index in [1.54, 1.807) is 0 Å². The Morgan fingerprint density at radius 2 is 0.585 bits per heavy atom. The first-order valence-corrected chi connectivity index (χ1v) is 15.2. The van der Waals surface area contributed by atoms with Gasteiger partial charge in [0.2, 0.25) is 0 Å². The molecule has 0 saturated heterocycles. The van der Waals surface area contributed by atoms with Crippen molar-refractivity contribution in [1.29, 1.82) is 0 Å². The molecule has 0 spiro atoms. The first-order valence-electron chi connectivity index (χ1n) is 13.9. The largest absolute Gasteiger partial charge is 0.394 e. The van der Waals surface area contributed by atoms with Crippen LogP contribution in [0.3, 0.4) is 0 Å². The van der Waals surface area contributed by atoms with E-state index in [1.165, 1.54) is 0 Å². The van der Waals surface area contributed by atoms with Gasteiger partial charge in [-0.05, 0) is 12.3 Å². The normalized spacial score (nSPS) is 11.7. The third-order valence-corrected chi connectivity index (χ3v) is 4.42. The zero-order valence-corrected chi connectivity index (χ0v) is 25.6. The van der Waals surface area contributed by atoms with Gasteiger partial charge in [-0.25, -0.2) is 0 Å². The Hall–Kier alpha value is -0.570. The average molecular weight is 627 g/mol. The van der Waals surface area contributed by atoms with Crippen LogP contribution >= 0.6 is 0 Å². The smallest absolute Gasteiger partial charge is 0.394 e. The van der Waals surface area contributed by atoms with Gasteiger partial charge in [-0.1, -0.05) is 13.8 Å². The molecule has 0 rings (SSSR count). The van der Waals surface area contributed by atoms with Crippen molar-refractivity contribution >= 4 is 10.4 Å². The average Bonchev–Trinajstić information content (AvgIpc) is 2.90. The molecular formula is C25H54O15S. The van der Waals surface area contributed by atoms with Gasteiger partial charge < -0.3 is 52.5 Å². The Morgan fingerprint density at radius 1 is 0.415 bits per heavy atom. The molecule has 3 N–H and O–H groups in total. The van der Waals surface area contributed by atoms with Gasteiger partial charge in [-0.3, -0.25) is 9.11 Å². The van der Waals surface area contributed by atoms with Crippen molar-refractivity contribution in [3.8, 4) is 0 Å². The molecule has 0 atom stereocenters. The number of hydrogen-bond acceptors (Lipinski definition) is 13. The summed E-state index contributed by atoms with van der Waals surface area (Å²) in [6, 6.07) is 0. The second-order valence-electron chi connectivity index (χ2n) is 8.48. The molecule has 0 fully saturated rings.